The summed E-state index contributed by atoms with van der Waals surface area (Å²) >= 11 is 0. The third-order valence-corrected chi connectivity index (χ3v) is 5.67. The Morgan fingerprint density at radius 3 is 2.49 bits per heavy atom. The Hall–Kier alpha value is -4.04. The van der Waals surface area contributed by atoms with Gasteiger partial charge in [-0.3, -0.25) is 14.6 Å². The highest BCUT2D eigenvalue weighted by Crippen LogP contribution is 2.45. The molecule has 3 aromatic rings. The summed E-state index contributed by atoms with van der Waals surface area (Å²) < 4.78 is 25.7. The number of ether oxygens (including phenoxy) is 2. The number of carbonyl (C=O) groups is 2. The van der Waals surface area contributed by atoms with Crippen molar-refractivity contribution >= 4 is 17.8 Å². The van der Waals surface area contributed by atoms with Crippen LogP contribution < -0.4 is 9.47 Å². The molecular formula is C29H30FNO6. The van der Waals surface area contributed by atoms with E-state index in [4.69, 9.17) is 14.6 Å². The molecular weight excluding hydrogens is 477 g/mol. The number of hydrogen-bond acceptors (Lipinski definition) is 6. The van der Waals surface area contributed by atoms with Crippen molar-refractivity contribution in [1.29, 1.82) is 0 Å². The molecule has 8 heteroatoms. The van der Waals surface area contributed by atoms with Crippen LogP contribution in [0.25, 0.3) is 17.2 Å². The van der Waals surface area contributed by atoms with Gasteiger partial charge in [-0.1, -0.05) is 44.2 Å². The van der Waals surface area contributed by atoms with Crippen molar-refractivity contribution in [1.82, 2.24) is 4.98 Å². The van der Waals surface area contributed by atoms with Crippen LogP contribution in [-0.2, 0) is 16.2 Å². The van der Waals surface area contributed by atoms with E-state index >= 15 is 0 Å². The SMILES string of the molecule is COc1cc(C(C)C)c(/C=C/C(O)CC(=O)CC(=O)O)c(-c2ccc(F)cc2)c1OCc1cccnc1. The number of rotatable bonds is 12. The first-order valence-corrected chi connectivity index (χ1v) is 11.8. The summed E-state index contributed by atoms with van der Waals surface area (Å²) in [6.45, 7) is 4.21. The second kappa shape index (κ2) is 12.8. The van der Waals surface area contributed by atoms with E-state index < -0.39 is 30.1 Å². The van der Waals surface area contributed by atoms with Gasteiger partial charge >= 0.3 is 5.97 Å². The molecule has 0 amide bonds. The van der Waals surface area contributed by atoms with Crippen molar-refractivity contribution in [3.8, 4) is 22.6 Å². The van der Waals surface area contributed by atoms with Crippen molar-refractivity contribution in [3.05, 3.63) is 83.4 Å². The summed E-state index contributed by atoms with van der Waals surface area (Å²) in [5, 5.41) is 19.3. The summed E-state index contributed by atoms with van der Waals surface area (Å²) in [5.41, 5.74) is 3.72. The lowest BCUT2D eigenvalue weighted by atomic mass is 9.88. The predicted octanol–water partition coefficient (Wildman–Crippen LogP) is 5.41. The minimum atomic E-state index is -1.24. The van der Waals surface area contributed by atoms with Crippen LogP contribution in [0, 0.1) is 5.82 Å². The molecule has 0 spiro atoms. The number of benzene rings is 2. The zero-order valence-electron chi connectivity index (χ0n) is 21.0. The molecule has 194 valence electrons. The van der Waals surface area contributed by atoms with Gasteiger partial charge in [-0.05, 0) is 46.9 Å². The van der Waals surface area contributed by atoms with E-state index in [1.165, 1.54) is 25.3 Å². The van der Waals surface area contributed by atoms with Gasteiger partial charge in [0.15, 0.2) is 11.5 Å². The number of Topliss-reactive ketones (excluding diaryl/α,β-unsaturated/α-hetero) is 1. The van der Waals surface area contributed by atoms with Crippen LogP contribution in [0.3, 0.4) is 0 Å². The molecule has 0 aliphatic carbocycles. The number of carboxylic acid groups (broad SMARTS) is 1. The normalized spacial score (nSPS) is 12.1. The van der Waals surface area contributed by atoms with E-state index in [1.807, 2.05) is 26.0 Å². The quantitative estimate of drug-likeness (QED) is 0.316. The number of pyridine rings is 1. The molecule has 0 aliphatic rings. The highest BCUT2D eigenvalue weighted by Gasteiger charge is 2.22. The van der Waals surface area contributed by atoms with Gasteiger partial charge < -0.3 is 19.7 Å². The fraction of sp³-hybridized carbons (Fsp3) is 0.276. The maximum absolute atomic E-state index is 13.8. The molecule has 2 aromatic carbocycles. The Morgan fingerprint density at radius 1 is 1.16 bits per heavy atom. The molecule has 37 heavy (non-hydrogen) atoms. The lowest BCUT2D eigenvalue weighted by Crippen LogP contribution is -2.14. The number of nitrogens with zero attached hydrogens (tertiary/aromatic N) is 1. The molecule has 1 atom stereocenters. The average Bonchev–Trinajstić information content (AvgIpc) is 2.86. The standard InChI is InChI=1S/C29H30FNO6/c1-18(2)25-15-26(36-3)29(37-17-19-5-4-12-31-16-19)28(20-6-8-21(30)9-7-20)24(25)11-10-22(32)13-23(33)14-27(34)35/h4-12,15-16,18,22,32H,13-14,17H2,1-3H3,(H,34,35)/b11-10+. The lowest BCUT2D eigenvalue weighted by molar-refractivity contribution is -0.140. The third kappa shape index (κ3) is 7.47. The lowest BCUT2D eigenvalue weighted by Gasteiger charge is -2.22. The number of carboxylic acids is 1. The fourth-order valence-electron chi connectivity index (χ4n) is 3.92. The van der Waals surface area contributed by atoms with Crippen molar-refractivity contribution < 1.29 is 33.7 Å². The van der Waals surface area contributed by atoms with E-state index in [1.54, 1.807) is 36.7 Å². The minimum absolute atomic E-state index is 0.0332. The average molecular weight is 508 g/mol. The Kier molecular flexibility index (Phi) is 9.51. The van der Waals surface area contributed by atoms with E-state index in [0.29, 0.717) is 28.2 Å². The molecule has 7 nitrogen and oxygen atoms in total. The number of aliphatic hydroxyl groups is 1. The smallest absolute Gasteiger partial charge is 0.310 e. The maximum atomic E-state index is 13.8. The number of hydrogen-bond donors (Lipinski definition) is 2. The number of carbonyl (C=O) groups excluding carboxylic acids is 1. The first kappa shape index (κ1) is 27.5. The third-order valence-electron chi connectivity index (χ3n) is 5.67. The van der Waals surface area contributed by atoms with E-state index in [2.05, 4.69) is 4.98 Å². The van der Waals surface area contributed by atoms with Gasteiger partial charge in [0.2, 0.25) is 0 Å². The molecule has 1 heterocycles. The number of halogens is 1. The molecule has 1 unspecified atom stereocenters. The second-order valence-electron chi connectivity index (χ2n) is 8.84. The Bertz CT molecular complexity index is 1260. The first-order valence-electron chi connectivity index (χ1n) is 11.8. The highest BCUT2D eigenvalue weighted by molar-refractivity contribution is 5.95. The van der Waals surface area contributed by atoms with Gasteiger partial charge in [0.05, 0.1) is 13.2 Å². The summed E-state index contributed by atoms with van der Waals surface area (Å²) in [6.07, 6.45) is 4.33. The van der Waals surface area contributed by atoms with Crippen LogP contribution in [0.15, 0.2) is 60.9 Å². The summed E-state index contributed by atoms with van der Waals surface area (Å²) in [4.78, 5) is 26.8. The van der Waals surface area contributed by atoms with Gasteiger partial charge in [0, 0.05) is 29.9 Å². The number of ketones is 1. The topological polar surface area (TPSA) is 106 Å². The summed E-state index contributed by atoms with van der Waals surface area (Å²) in [7, 11) is 1.54. The van der Waals surface area contributed by atoms with Crippen LogP contribution in [0.1, 0.15) is 49.3 Å². The van der Waals surface area contributed by atoms with Gasteiger partial charge in [-0.2, -0.15) is 0 Å². The Labute approximate surface area is 215 Å². The molecule has 0 fully saturated rings. The zero-order chi connectivity index (χ0) is 26.9. The number of methoxy groups -OCH3 is 1. The number of aromatic nitrogens is 1. The minimum Gasteiger partial charge on any atom is -0.493 e. The van der Waals surface area contributed by atoms with Crippen LogP contribution >= 0.6 is 0 Å². The summed E-state index contributed by atoms with van der Waals surface area (Å²) in [5.74, 6) is -1.27. The van der Waals surface area contributed by atoms with Gasteiger partial charge in [-0.15, -0.1) is 0 Å². The van der Waals surface area contributed by atoms with Crippen molar-refractivity contribution in [3.63, 3.8) is 0 Å². The van der Waals surface area contributed by atoms with Crippen LogP contribution in [0.5, 0.6) is 11.5 Å². The number of aliphatic carboxylic acids is 1. The van der Waals surface area contributed by atoms with Crippen molar-refractivity contribution in [2.45, 2.75) is 45.3 Å². The van der Waals surface area contributed by atoms with Crippen molar-refractivity contribution in [2.24, 2.45) is 0 Å². The van der Waals surface area contributed by atoms with E-state index in [0.717, 1.165) is 11.1 Å². The monoisotopic (exact) mass is 507 g/mol. The van der Waals surface area contributed by atoms with Crippen LogP contribution in [0.2, 0.25) is 0 Å². The molecule has 0 aliphatic heterocycles. The molecule has 2 N–H and O–H groups in total. The molecule has 0 bridgehead atoms. The Balaban J connectivity index is 2.14. The molecule has 1 aromatic heterocycles. The largest absolute Gasteiger partial charge is 0.493 e. The fourth-order valence-corrected chi connectivity index (χ4v) is 3.92. The number of aliphatic hydroxyl groups excluding tert-OH is 1. The zero-order valence-corrected chi connectivity index (χ0v) is 21.0. The molecule has 0 saturated carbocycles. The van der Waals surface area contributed by atoms with Crippen LogP contribution in [0.4, 0.5) is 4.39 Å². The first-order chi connectivity index (χ1) is 17.7. The van der Waals surface area contributed by atoms with E-state index in [9.17, 15) is 19.1 Å². The second-order valence-corrected chi connectivity index (χ2v) is 8.84. The highest BCUT2D eigenvalue weighted by atomic mass is 19.1. The van der Waals surface area contributed by atoms with Gasteiger partial charge in [0.1, 0.15) is 24.6 Å². The predicted molar refractivity (Wildman–Crippen MR) is 138 cm³/mol. The summed E-state index contributed by atoms with van der Waals surface area (Å²) in [6, 6.07) is 11.5. The van der Waals surface area contributed by atoms with Crippen molar-refractivity contribution in [2.75, 3.05) is 7.11 Å². The molecule has 0 radical (unpaired) electrons. The van der Waals surface area contributed by atoms with Gasteiger partial charge in [0.25, 0.3) is 0 Å². The Morgan fingerprint density at radius 2 is 1.89 bits per heavy atom. The van der Waals surface area contributed by atoms with Crippen LogP contribution in [-0.4, -0.2) is 40.2 Å². The molecule has 0 saturated heterocycles. The van der Waals surface area contributed by atoms with E-state index in [-0.39, 0.29) is 18.9 Å². The maximum Gasteiger partial charge on any atom is 0.310 e. The molecule has 3 rings (SSSR count). The van der Waals surface area contributed by atoms with Gasteiger partial charge in [-0.25, -0.2) is 4.39 Å².